The summed E-state index contributed by atoms with van der Waals surface area (Å²) in [4.78, 5) is 11.2. The van der Waals surface area contributed by atoms with Crippen LogP contribution in [0.3, 0.4) is 0 Å². The molecule has 1 saturated carbocycles. The molecule has 14 heavy (non-hydrogen) atoms. The van der Waals surface area contributed by atoms with E-state index in [0.717, 1.165) is 36.8 Å². The van der Waals surface area contributed by atoms with Crippen LogP contribution in [0, 0.1) is 5.92 Å². The highest BCUT2D eigenvalue weighted by molar-refractivity contribution is 7.99. The van der Waals surface area contributed by atoms with Gasteiger partial charge in [0.05, 0.1) is 0 Å². The lowest BCUT2D eigenvalue weighted by Crippen LogP contribution is -2.54. The van der Waals surface area contributed by atoms with Crippen molar-refractivity contribution in [3.05, 3.63) is 0 Å². The van der Waals surface area contributed by atoms with Crippen LogP contribution in [0.5, 0.6) is 0 Å². The molecule has 0 aromatic rings. The van der Waals surface area contributed by atoms with Crippen LogP contribution in [0.2, 0.25) is 0 Å². The number of carboxylic acid groups (broad SMARTS) is 1. The van der Waals surface area contributed by atoms with Gasteiger partial charge in [0.1, 0.15) is 5.54 Å². The molecule has 1 aliphatic heterocycles. The second-order valence-electron chi connectivity index (χ2n) is 4.32. The number of hydrogen-bond acceptors (Lipinski definition) is 3. The van der Waals surface area contributed by atoms with Crippen LogP contribution in [0.25, 0.3) is 0 Å². The van der Waals surface area contributed by atoms with Crippen molar-refractivity contribution in [2.24, 2.45) is 5.92 Å². The van der Waals surface area contributed by atoms with Crippen molar-refractivity contribution in [3.63, 3.8) is 0 Å². The Bertz CT molecular complexity index is 222. The minimum atomic E-state index is -0.654. The van der Waals surface area contributed by atoms with Gasteiger partial charge in [0.15, 0.2) is 0 Å². The van der Waals surface area contributed by atoms with Gasteiger partial charge in [0, 0.05) is 0 Å². The van der Waals surface area contributed by atoms with Crippen molar-refractivity contribution in [2.45, 2.75) is 31.2 Å². The molecule has 0 amide bonds. The fourth-order valence-electron chi connectivity index (χ4n) is 1.85. The zero-order chi connectivity index (χ0) is 10.0. The third-order valence-electron chi connectivity index (χ3n) is 3.18. The van der Waals surface area contributed by atoms with Crippen molar-refractivity contribution >= 4 is 17.7 Å². The number of hydrogen-bond donors (Lipinski definition) is 2. The Morgan fingerprint density at radius 2 is 2.07 bits per heavy atom. The smallest absolute Gasteiger partial charge is 0.323 e. The van der Waals surface area contributed by atoms with Gasteiger partial charge in [0.2, 0.25) is 0 Å². The summed E-state index contributed by atoms with van der Waals surface area (Å²) in [5, 5.41) is 12.5. The minimum absolute atomic E-state index is 0.603. The quantitative estimate of drug-likeness (QED) is 0.743. The average molecular weight is 215 g/mol. The van der Waals surface area contributed by atoms with Crippen LogP contribution in [-0.2, 0) is 4.79 Å². The van der Waals surface area contributed by atoms with E-state index in [4.69, 9.17) is 0 Å². The molecule has 0 bridgehead atoms. The van der Waals surface area contributed by atoms with E-state index in [-0.39, 0.29) is 0 Å². The van der Waals surface area contributed by atoms with Crippen molar-refractivity contribution < 1.29 is 9.90 Å². The maximum atomic E-state index is 11.2. The van der Waals surface area contributed by atoms with Crippen LogP contribution in [-0.4, -0.2) is 34.7 Å². The lowest BCUT2D eigenvalue weighted by Gasteiger charge is -2.34. The molecule has 0 spiro atoms. The summed E-state index contributed by atoms with van der Waals surface area (Å²) in [5.74, 6) is 2.05. The standard InChI is InChI=1S/C10H17NO2S/c12-9(13)10(3-5-14-6-4-10)11-7-8-1-2-8/h8,11H,1-7H2,(H,12,13). The second kappa shape index (κ2) is 4.11. The van der Waals surface area contributed by atoms with E-state index in [0.29, 0.717) is 0 Å². The second-order valence-corrected chi connectivity index (χ2v) is 5.55. The zero-order valence-electron chi connectivity index (χ0n) is 8.29. The summed E-state index contributed by atoms with van der Waals surface area (Å²) in [6.07, 6.45) is 4.11. The Morgan fingerprint density at radius 3 is 2.57 bits per heavy atom. The highest BCUT2D eigenvalue weighted by Crippen LogP contribution is 2.31. The van der Waals surface area contributed by atoms with Crippen LogP contribution in [0.15, 0.2) is 0 Å². The third-order valence-corrected chi connectivity index (χ3v) is 4.17. The van der Waals surface area contributed by atoms with Crippen molar-refractivity contribution in [1.82, 2.24) is 5.32 Å². The summed E-state index contributed by atoms with van der Waals surface area (Å²) in [5.41, 5.74) is -0.603. The van der Waals surface area contributed by atoms with Crippen LogP contribution in [0.4, 0.5) is 0 Å². The topological polar surface area (TPSA) is 49.3 Å². The van der Waals surface area contributed by atoms with Crippen molar-refractivity contribution in [2.75, 3.05) is 18.1 Å². The van der Waals surface area contributed by atoms with Gasteiger partial charge >= 0.3 is 5.97 Å². The number of carboxylic acids is 1. The summed E-state index contributed by atoms with van der Waals surface area (Å²) in [6.45, 7) is 0.900. The number of thioether (sulfide) groups is 1. The highest BCUT2D eigenvalue weighted by Gasteiger charge is 2.40. The largest absolute Gasteiger partial charge is 0.480 e. The van der Waals surface area contributed by atoms with E-state index in [1.807, 2.05) is 11.8 Å². The van der Waals surface area contributed by atoms with Gasteiger partial charge in [-0.1, -0.05) is 0 Å². The molecule has 0 radical (unpaired) electrons. The monoisotopic (exact) mass is 215 g/mol. The van der Waals surface area contributed by atoms with Gasteiger partial charge in [-0.2, -0.15) is 11.8 Å². The first-order chi connectivity index (χ1) is 6.73. The molecule has 0 aromatic carbocycles. The molecule has 80 valence electrons. The first-order valence-corrected chi connectivity index (χ1v) is 6.45. The van der Waals surface area contributed by atoms with Crippen LogP contribution in [0.1, 0.15) is 25.7 Å². The molecular formula is C10H17NO2S. The third kappa shape index (κ3) is 2.23. The van der Waals surface area contributed by atoms with Crippen LogP contribution >= 0.6 is 11.8 Å². The molecular weight excluding hydrogens is 198 g/mol. The Kier molecular flexibility index (Phi) is 3.02. The van der Waals surface area contributed by atoms with Gasteiger partial charge < -0.3 is 10.4 Å². The Morgan fingerprint density at radius 1 is 1.43 bits per heavy atom. The lowest BCUT2D eigenvalue weighted by molar-refractivity contribution is -0.145. The number of carbonyl (C=O) groups is 1. The Hall–Kier alpha value is -0.220. The minimum Gasteiger partial charge on any atom is -0.480 e. The van der Waals surface area contributed by atoms with Crippen molar-refractivity contribution in [1.29, 1.82) is 0 Å². The summed E-state index contributed by atoms with van der Waals surface area (Å²) >= 11 is 1.86. The molecule has 4 heteroatoms. The number of aliphatic carboxylic acids is 1. The Balaban J connectivity index is 1.92. The molecule has 1 aliphatic carbocycles. The molecule has 2 rings (SSSR count). The van der Waals surface area contributed by atoms with Gasteiger partial charge in [-0.15, -0.1) is 0 Å². The molecule has 0 atom stereocenters. The highest BCUT2D eigenvalue weighted by atomic mass is 32.2. The van der Waals surface area contributed by atoms with E-state index in [1.165, 1.54) is 12.8 Å². The molecule has 3 nitrogen and oxygen atoms in total. The van der Waals surface area contributed by atoms with Gasteiger partial charge in [-0.05, 0) is 49.7 Å². The summed E-state index contributed by atoms with van der Waals surface area (Å²) in [7, 11) is 0. The molecule has 1 heterocycles. The predicted molar refractivity (Wildman–Crippen MR) is 57.7 cm³/mol. The molecule has 2 fully saturated rings. The molecule has 0 unspecified atom stereocenters. The SMILES string of the molecule is O=C(O)C1(NCC2CC2)CCSCC1. The van der Waals surface area contributed by atoms with E-state index >= 15 is 0 Å². The first-order valence-electron chi connectivity index (χ1n) is 5.29. The first kappa shape index (κ1) is 10.3. The molecule has 2 aliphatic rings. The van der Waals surface area contributed by atoms with Gasteiger partial charge in [-0.25, -0.2) is 0 Å². The Labute approximate surface area is 88.6 Å². The number of rotatable bonds is 4. The molecule has 0 aromatic heterocycles. The maximum absolute atomic E-state index is 11.2. The molecule has 2 N–H and O–H groups in total. The summed E-state index contributed by atoms with van der Waals surface area (Å²) < 4.78 is 0. The number of nitrogens with one attached hydrogen (secondary N) is 1. The van der Waals surface area contributed by atoms with Gasteiger partial charge in [0.25, 0.3) is 0 Å². The van der Waals surface area contributed by atoms with Gasteiger partial charge in [-0.3, -0.25) is 4.79 Å². The fourth-order valence-corrected chi connectivity index (χ4v) is 3.04. The van der Waals surface area contributed by atoms with E-state index in [1.54, 1.807) is 0 Å². The predicted octanol–water partition coefficient (Wildman–Crippen LogP) is 1.34. The van der Waals surface area contributed by atoms with E-state index in [2.05, 4.69) is 5.32 Å². The lowest BCUT2D eigenvalue weighted by atomic mass is 9.92. The zero-order valence-corrected chi connectivity index (χ0v) is 9.11. The summed E-state index contributed by atoms with van der Waals surface area (Å²) in [6, 6.07) is 0. The average Bonchev–Trinajstić information content (AvgIpc) is 2.99. The normalized spacial score (nSPS) is 26.0. The van der Waals surface area contributed by atoms with E-state index in [9.17, 15) is 9.90 Å². The molecule has 1 saturated heterocycles. The van der Waals surface area contributed by atoms with Crippen LogP contribution < -0.4 is 5.32 Å². The fraction of sp³-hybridized carbons (Fsp3) is 0.900. The van der Waals surface area contributed by atoms with E-state index < -0.39 is 11.5 Å². The van der Waals surface area contributed by atoms with Crippen molar-refractivity contribution in [3.8, 4) is 0 Å². The maximum Gasteiger partial charge on any atom is 0.323 e.